The topological polar surface area (TPSA) is 18.5 Å². The summed E-state index contributed by atoms with van der Waals surface area (Å²) in [4.78, 5) is 0. The molecule has 0 unspecified atom stereocenters. The van der Waals surface area contributed by atoms with Crippen molar-refractivity contribution < 1.29 is 9.31 Å². The highest BCUT2D eigenvalue weighted by atomic mass is 16.7. The normalized spacial score (nSPS) is 22.6. The number of allylic oxidation sites excluding steroid dienone is 5. The van der Waals surface area contributed by atoms with E-state index in [1.54, 1.807) is 0 Å². The van der Waals surface area contributed by atoms with Crippen LogP contribution in [0.1, 0.15) is 61.8 Å². The maximum atomic E-state index is 6.20. The van der Waals surface area contributed by atoms with E-state index >= 15 is 0 Å². The number of hydrogen-bond donors (Lipinski definition) is 0. The van der Waals surface area contributed by atoms with Crippen molar-refractivity contribution in [1.29, 1.82) is 0 Å². The van der Waals surface area contributed by atoms with Crippen LogP contribution in [0.2, 0.25) is 0 Å². The minimum Gasteiger partial charge on any atom is -0.399 e. The first kappa shape index (κ1) is 18.3. The minimum atomic E-state index is -0.332. The van der Waals surface area contributed by atoms with Gasteiger partial charge in [0.05, 0.1) is 11.2 Å². The molecule has 1 rings (SSSR count). The molecule has 1 saturated heterocycles. The van der Waals surface area contributed by atoms with E-state index in [2.05, 4.69) is 68.0 Å². The number of rotatable bonds is 4. The van der Waals surface area contributed by atoms with Gasteiger partial charge in [-0.15, -0.1) is 0 Å². The van der Waals surface area contributed by atoms with E-state index in [0.29, 0.717) is 0 Å². The molecule has 0 bridgehead atoms. The van der Waals surface area contributed by atoms with E-state index in [-0.39, 0.29) is 23.7 Å². The van der Waals surface area contributed by atoms with Gasteiger partial charge in [-0.1, -0.05) is 51.2 Å². The van der Waals surface area contributed by atoms with Crippen LogP contribution < -0.4 is 0 Å². The van der Waals surface area contributed by atoms with Gasteiger partial charge in [0.1, 0.15) is 0 Å². The van der Waals surface area contributed by atoms with Gasteiger partial charge in [-0.05, 0) is 51.9 Å². The zero-order valence-corrected chi connectivity index (χ0v) is 15.0. The zero-order chi connectivity index (χ0) is 16.5. The van der Waals surface area contributed by atoms with Crippen LogP contribution in [0, 0.1) is 5.41 Å². The highest BCUT2D eigenvalue weighted by molar-refractivity contribution is 6.56. The maximum Gasteiger partial charge on any atom is 0.495 e. The summed E-state index contributed by atoms with van der Waals surface area (Å²) >= 11 is 0. The Bertz CT molecular complexity index is 434. The Balaban J connectivity index is 3.10. The van der Waals surface area contributed by atoms with E-state index in [0.717, 1.165) is 11.9 Å². The molecule has 0 spiro atoms. The average molecular weight is 290 g/mol. The standard InChI is InChI=1S/C18H31BO2/c1-10-12-15(14(11-2)13-16(3,4)5)19-20-17(6,7)18(8,9)21-19/h10-12H,1,13H2,2-9H3/b14-11-,15-12+. The summed E-state index contributed by atoms with van der Waals surface area (Å²) in [5, 5.41) is 0. The van der Waals surface area contributed by atoms with Gasteiger partial charge in [0.25, 0.3) is 0 Å². The van der Waals surface area contributed by atoms with Crippen molar-refractivity contribution >= 4 is 7.12 Å². The van der Waals surface area contributed by atoms with Gasteiger partial charge >= 0.3 is 7.12 Å². The average Bonchev–Trinajstić information content (AvgIpc) is 2.51. The van der Waals surface area contributed by atoms with Gasteiger partial charge in [-0.2, -0.15) is 0 Å². The lowest BCUT2D eigenvalue weighted by Gasteiger charge is -2.32. The van der Waals surface area contributed by atoms with E-state index < -0.39 is 0 Å². The van der Waals surface area contributed by atoms with Crippen molar-refractivity contribution in [2.45, 2.75) is 73.0 Å². The summed E-state index contributed by atoms with van der Waals surface area (Å²) in [6.45, 7) is 21.0. The summed E-state index contributed by atoms with van der Waals surface area (Å²) in [5.41, 5.74) is 1.92. The Hall–Kier alpha value is -0.795. The lowest BCUT2D eigenvalue weighted by atomic mass is 9.69. The first-order valence-electron chi connectivity index (χ1n) is 7.77. The molecule has 21 heavy (non-hydrogen) atoms. The van der Waals surface area contributed by atoms with Gasteiger partial charge in [0, 0.05) is 0 Å². The molecule has 1 aliphatic heterocycles. The van der Waals surface area contributed by atoms with Crippen molar-refractivity contribution in [2.75, 3.05) is 0 Å². The van der Waals surface area contributed by atoms with Gasteiger partial charge in [0.15, 0.2) is 0 Å². The van der Waals surface area contributed by atoms with Gasteiger partial charge in [-0.25, -0.2) is 0 Å². The minimum absolute atomic E-state index is 0.214. The van der Waals surface area contributed by atoms with Crippen molar-refractivity contribution in [2.24, 2.45) is 5.41 Å². The number of hydrogen-bond acceptors (Lipinski definition) is 2. The summed E-state index contributed by atoms with van der Waals surface area (Å²) in [6, 6.07) is 0. The Morgan fingerprint density at radius 2 is 1.57 bits per heavy atom. The Kier molecular flexibility index (Phi) is 5.33. The highest BCUT2D eigenvalue weighted by Crippen LogP contribution is 2.41. The molecule has 118 valence electrons. The smallest absolute Gasteiger partial charge is 0.399 e. The molecule has 0 N–H and O–H groups in total. The van der Waals surface area contributed by atoms with Gasteiger partial charge < -0.3 is 9.31 Å². The zero-order valence-electron chi connectivity index (χ0n) is 15.0. The molecule has 0 atom stereocenters. The van der Waals surface area contributed by atoms with E-state index in [9.17, 15) is 0 Å². The Morgan fingerprint density at radius 3 is 1.90 bits per heavy atom. The summed E-state index contributed by atoms with van der Waals surface area (Å²) in [6.07, 6.45) is 6.97. The van der Waals surface area contributed by atoms with Crippen LogP contribution in [0.15, 0.2) is 35.9 Å². The van der Waals surface area contributed by atoms with Crippen LogP contribution in [0.3, 0.4) is 0 Å². The first-order valence-corrected chi connectivity index (χ1v) is 7.77. The molecule has 0 aromatic carbocycles. The van der Waals surface area contributed by atoms with E-state index in [1.165, 1.54) is 5.57 Å². The van der Waals surface area contributed by atoms with Gasteiger partial charge in [-0.3, -0.25) is 0 Å². The predicted molar refractivity (Wildman–Crippen MR) is 92.2 cm³/mol. The van der Waals surface area contributed by atoms with Crippen LogP contribution in [0.5, 0.6) is 0 Å². The Labute approximate surface area is 131 Å². The molecular formula is C18H31BO2. The second-order valence-electron chi connectivity index (χ2n) is 8.00. The van der Waals surface area contributed by atoms with Crippen molar-refractivity contribution in [3.63, 3.8) is 0 Å². The molecule has 0 saturated carbocycles. The lowest BCUT2D eigenvalue weighted by Crippen LogP contribution is -2.41. The van der Waals surface area contributed by atoms with Crippen LogP contribution in [0.4, 0.5) is 0 Å². The third-order valence-electron chi connectivity index (χ3n) is 4.24. The van der Waals surface area contributed by atoms with Crippen molar-refractivity contribution in [3.8, 4) is 0 Å². The van der Waals surface area contributed by atoms with Crippen molar-refractivity contribution in [3.05, 3.63) is 35.9 Å². The molecule has 0 aliphatic carbocycles. The first-order chi connectivity index (χ1) is 9.43. The molecule has 3 heteroatoms. The molecule has 0 amide bonds. The largest absolute Gasteiger partial charge is 0.495 e. The molecule has 1 aliphatic rings. The van der Waals surface area contributed by atoms with Crippen LogP contribution in [-0.2, 0) is 9.31 Å². The SMILES string of the molecule is C=C/C=C(B1OC(C)(C)C(C)(C)O1)\C(=C/C)CC(C)(C)C. The maximum absolute atomic E-state index is 6.20. The molecule has 0 aromatic heterocycles. The molecule has 0 aromatic rings. The van der Waals surface area contributed by atoms with Gasteiger partial charge in [0.2, 0.25) is 0 Å². The second kappa shape index (κ2) is 6.14. The van der Waals surface area contributed by atoms with Crippen molar-refractivity contribution in [1.82, 2.24) is 0 Å². The molecule has 1 fully saturated rings. The third-order valence-corrected chi connectivity index (χ3v) is 4.24. The van der Waals surface area contributed by atoms with E-state index in [1.807, 2.05) is 12.2 Å². The fourth-order valence-corrected chi connectivity index (χ4v) is 2.38. The fourth-order valence-electron chi connectivity index (χ4n) is 2.38. The molecule has 2 nitrogen and oxygen atoms in total. The highest BCUT2D eigenvalue weighted by Gasteiger charge is 2.52. The van der Waals surface area contributed by atoms with E-state index in [4.69, 9.17) is 9.31 Å². The third kappa shape index (κ3) is 4.34. The summed E-state index contributed by atoms with van der Waals surface area (Å²) in [5.74, 6) is 0. The molecule has 0 radical (unpaired) electrons. The fraction of sp³-hybridized carbons (Fsp3) is 0.667. The lowest BCUT2D eigenvalue weighted by molar-refractivity contribution is 0.00578. The summed E-state index contributed by atoms with van der Waals surface area (Å²) < 4.78 is 12.4. The molecular weight excluding hydrogens is 259 g/mol. The monoisotopic (exact) mass is 290 g/mol. The summed E-state index contributed by atoms with van der Waals surface area (Å²) in [7, 11) is -0.332. The second-order valence-corrected chi connectivity index (χ2v) is 8.00. The van der Waals surface area contributed by atoms with Crippen LogP contribution >= 0.6 is 0 Å². The molecule has 1 heterocycles. The Morgan fingerprint density at radius 1 is 1.10 bits per heavy atom. The van der Waals surface area contributed by atoms with Crippen LogP contribution in [-0.4, -0.2) is 18.3 Å². The quantitative estimate of drug-likeness (QED) is 0.529. The predicted octanol–water partition coefficient (Wildman–Crippen LogP) is 5.11. The van der Waals surface area contributed by atoms with Crippen LogP contribution in [0.25, 0.3) is 0 Å².